The van der Waals surface area contributed by atoms with Crippen molar-refractivity contribution in [3.8, 4) is 10.6 Å². The van der Waals surface area contributed by atoms with Crippen LogP contribution in [0.4, 0.5) is 10.9 Å². The summed E-state index contributed by atoms with van der Waals surface area (Å²) < 4.78 is 6.08. The number of nitrogens with zero attached hydrogens (tertiary/aromatic N) is 3. The van der Waals surface area contributed by atoms with Crippen molar-refractivity contribution in [1.82, 2.24) is 9.88 Å². The van der Waals surface area contributed by atoms with Gasteiger partial charge in [0.05, 0.1) is 22.8 Å². The highest BCUT2D eigenvalue weighted by Crippen LogP contribution is 2.45. The van der Waals surface area contributed by atoms with Crippen molar-refractivity contribution in [2.75, 3.05) is 11.9 Å². The van der Waals surface area contributed by atoms with Crippen LogP contribution in [0.15, 0.2) is 40.8 Å². The third-order valence-corrected chi connectivity index (χ3v) is 7.42. The van der Waals surface area contributed by atoms with E-state index in [0.29, 0.717) is 24.5 Å². The summed E-state index contributed by atoms with van der Waals surface area (Å²) in [7, 11) is 0. The molecule has 3 aromatic heterocycles. The van der Waals surface area contributed by atoms with E-state index >= 15 is 0 Å². The average molecular weight is 469 g/mol. The van der Waals surface area contributed by atoms with Gasteiger partial charge in [-0.15, -0.1) is 22.7 Å². The summed E-state index contributed by atoms with van der Waals surface area (Å²) in [6, 6.07) is 10.2. The van der Waals surface area contributed by atoms with Crippen molar-refractivity contribution in [2.24, 2.45) is 0 Å². The van der Waals surface area contributed by atoms with Crippen molar-refractivity contribution in [1.29, 1.82) is 0 Å². The Labute approximate surface area is 189 Å². The zero-order valence-electron chi connectivity index (χ0n) is 16.8. The molecule has 0 spiro atoms. The van der Waals surface area contributed by atoms with Crippen LogP contribution in [0.3, 0.4) is 0 Å². The number of hydrogen-bond acceptors (Lipinski definition) is 8. The highest BCUT2D eigenvalue weighted by molar-refractivity contribution is 7.23. The topological polar surface area (TPSA) is 119 Å². The van der Waals surface area contributed by atoms with Crippen LogP contribution in [-0.2, 0) is 17.8 Å². The first-order chi connectivity index (χ1) is 15.4. The molecule has 0 aliphatic carbocycles. The Morgan fingerprint density at radius 3 is 2.75 bits per heavy atom. The number of carbonyl (C=O) groups is 2. The molecule has 0 bridgehead atoms. The maximum atomic E-state index is 12.8. The van der Waals surface area contributed by atoms with Gasteiger partial charge in [0.25, 0.3) is 5.91 Å². The van der Waals surface area contributed by atoms with Gasteiger partial charge in [-0.2, -0.15) is 0 Å². The number of hydrogen-bond donors (Lipinski definition) is 1. The molecule has 32 heavy (non-hydrogen) atoms. The van der Waals surface area contributed by atoms with Crippen LogP contribution in [0, 0.1) is 10.1 Å². The molecule has 0 atom stereocenters. The fourth-order valence-electron chi connectivity index (χ4n) is 3.68. The van der Waals surface area contributed by atoms with Crippen molar-refractivity contribution >= 4 is 55.6 Å². The fourth-order valence-corrected chi connectivity index (χ4v) is 6.05. The van der Waals surface area contributed by atoms with E-state index in [4.69, 9.17) is 9.40 Å². The molecule has 1 aromatic carbocycles. The van der Waals surface area contributed by atoms with Gasteiger partial charge in [0, 0.05) is 23.9 Å². The van der Waals surface area contributed by atoms with Crippen LogP contribution in [-0.4, -0.2) is 33.2 Å². The van der Waals surface area contributed by atoms with E-state index in [9.17, 15) is 19.7 Å². The van der Waals surface area contributed by atoms with Crippen molar-refractivity contribution < 1.29 is 18.9 Å². The second-order valence-corrected chi connectivity index (χ2v) is 9.37. The third kappa shape index (κ3) is 3.55. The van der Waals surface area contributed by atoms with Gasteiger partial charge in [-0.05, 0) is 30.2 Å². The smallest absolute Gasteiger partial charge is 0.395 e. The molecule has 1 N–H and O–H groups in total. The van der Waals surface area contributed by atoms with Crippen molar-refractivity contribution in [3.05, 3.63) is 62.7 Å². The van der Waals surface area contributed by atoms with E-state index in [0.717, 1.165) is 37.3 Å². The molecule has 0 saturated heterocycles. The maximum absolute atomic E-state index is 12.8. The molecule has 0 saturated carbocycles. The second-order valence-electron chi connectivity index (χ2n) is 7.23. The molecule has 9 nitrogen and oxygen atoms in total. The Bertz CT molecular complexity index is 1350. The number of nitro groups is 1. The summed E-state index contributed by atoms with van der Waals surface area (Å²) in [6.07, 6.45) is 0.652. The number of carbonyl (C=O) groups excluding carboxylic acids is 2. The first-order valence-corrected chi connectivity index (χ1v) is 11.4. The monoisotopic (exact) mass is 468 g/mol. The van der Waals surface area contributed by atoms with Crippen LogP contribution in [0.25, 0.3) is 20.8 Å². The first-order valence-electron chi connectivity index (χ1n) is 9.72. The third-order valence-electron chi connectivity index (χ3n) is 5.23. The van der Waals surface area contributed by atoms with E-state index in [1.54, 1.807) is 11.8 Å². The number of benzene rings is 1. The van der Waals surface area contributed by atoms with E-state index < -0.39 is 16.7 Å². The number of anilines is 1. The lowest BCUT2D eigenvalue weighted by molar-refractivity contribution is -0.402. The average Bonchev–Trinajstić information content (AvgIpc) is 3.48. The van der Waals surface area contributed by atoms with Crippen LogP contribution in [0.1, 0.15) is 27.9 Å². The molecule has 4 aromatic rings. The number of aromatic nitrogens is 1. The molecular weight excluding hydrogens is 452 g/mol. The lowest BCUT2D eigenvalue weighted by Crippen LogP contribution is -2.33. The summed E-state index contributed by atoms with van der Waals surface area (Å²) in [5, 5.41) is 15.1. The molecule has 0 radical (unpaired) electrons. The van der Waals surface area contributed by atoms with Crippen molar-refractivity contribution in [2.45, 2.75) is 19.9 Å². The van der Waals surface area contributed by atoms with Gasteiger partial charge in [-0.1, -0.05) is 12.1 Å². The number of amides is 2. The number of fused-ring (bicyclic) bond motifs is 2. The predicted octanol–water partition coefficient (Wildman–Crippen LogP) is 4.68. The highest BCUT2D eigenvalue weighted by atomic mass is 32.1. The van der Waals surface area contributed by atoms with Crippen LogP contribution in [0.5, 0.6) is 0 Å². The van der Waals surface area contributed by atoms with E-state index in [2.05, 4.69) is 5.32 Å². The van der Waals surface area contributed by atoms with E-state index in [1.807, 2.05) is 24.3 Å². The molecule has 4 heterocycles. The molecule has 0 unspecified atom stereocenters. The summed E-state index contributed by atoms with van der Waals surface area (Å²) in [5.74, 6) is -1.23. The predicted molar refractivity (Wildman–Crippen MR) is 121 cm³/mol. The Kier molecular flexibility index (Phi) is 4.98. The Morgan fingerprint density at radius 2 is 2.03 bits per heavy atom. The van der Waals surface area contributed by atoms with E-state index in [-0.39, 0.29) is 11.7 Å². The van der Waals surface area contributed by atoms with Gasteiger partial charge in [-0.25, -0.2) is 4.98 Å². The molecule has 162 valence electrons. The molecule has 2 amide bonds. The number of rotatable bonds is 4. The quantitative estimate of drug-likeness (QED) is 0.343. The van der Waals surface area contributed by atoms with Gasteiger partial charge in [0.15, 0.2) is 5.76 Å². The van der Waals surface area contributed by atoms with Crippen LogP contribution in [0.2, 0.25) is 0 Å². The number of thiazole rings is 1. The van der Waals surface area contributed by atoms with Gasteiger partial charge >= 0.3 is 5.88 Å². The molecule has 1 aliphatic rings. The lowest BCUT2D eigenvalue weighted by atomic mass is 10.0. The largest absolute Gasteiger partial charge is 0.433 e. The van der Waals surface area contributed by atoms with Gasteiger partial charge in [-0.3, -0.25) is 19.7 Å². The Balaban J connectivity index is 1.57. The normalized spacial score (nSPS) is 13.2. The standard InChI is InChI=1S/C21H16N4O5S2/c1-11(26)24-9-8-12-16(10-24)32-21(23-19(27)14-6-7-17(30-14)25(28)29)18(12)20-22-13-4-2-3-5-15(13)31-20/h2-7H,8-10H2,1H3,(H,23,27). The van der Waals surface area contributed by atoms with Gasteiger partial charge in [0.1, 0.15) is 14.9 Å². The SMILES string of the molecule is CC(=O)N1CCc2c(sc(NC(=O)c3ccc([N+](=O)[O-])o3)c2-c2nc3ccccc3s2)C1. The number of nitrogens with one attached hydrogen (secondary N) is 1. The minimum absolute atomic E-state index is 0.000863. The fraction of sp³-hybridized carbons (Fsp3) is 0.190. The molecule has 1 aliphatic heterocycles. The minimum atomic E-state index is -0.691. The minimum Gasteiger partial charge on any atom is -0.395 e. The number of furan rings is 1. The van der Waals surface area contributed by atoms with Crippen molar-refractivity contribution in [3.63, 3.8) is 0 Å². The summed E-state index contributed by atoms with van der Waals surface area (Å²) in [5.41, 5.74) is 2.77. The zero-order valence-corrected chi connectivity index (χ0v) is 18.4. The van der Waals surface area contributed by atoms with Crippen LogP contribution < -0.4 is 5.32 Å². The molecule has 5 rings (SSSR count). The highest BCUT2D eigenvalue weighted by Gasteiger charge is 2.29. The van der Waals surface area contributed by atoms with Gasteiger partial charge in [0.2, 0.25) is 5.91 Å². The number of thiophene rings is 1. The molecular formula is C21H16N4O5S2. The van der Waals surface area contributed by atoms with E-state index in [1.165, 1.54) is 28.7 Å². The molecule has 0 fully saturated rings. The Morgan fingerprint density at radius 1 is 1.22 bits per heavy atom. The second kappa shape index (κ2) is 7.84. The maximum Gasteiger partial charge on any atom is 0.433 e. The zero-order chi connectivity index (χ0) is 22.4. The van der Waals surface area contributed by atoms with Gasteiger partial charge < -0.3 is 14.6 Å². The molecule has 11 heteroatoms. The summed E-state index contributed by atoms with van der Waals surface area (Å²) >= 11 is 2.92. The Hall–Kier alpha value is -3.57. The lowest BCUT2D eigenvalue weighted by Gasteiger charge is -2.25. The first kappa shape index (κ1) is 20.3. The van der Waals surface area contributed by atoms with Crippen LogP contribution >= 0.6 is 22.7 Å². The summed E-state index contributed by atoms with van der Waals surface area (Å²) in [6.45, 7) is 2.60. The number of para-hydroxylation sites is 1. The summed E-state index contributed by atoms with van der Waals surface area (Å²) in [4.78, 5) is 42.4.